The Morgan fingerprint density at radius 2 is 2.18 bits per heavy atom. The molecular formula is C15H27N3O3S. The zero-order valence-corrected chi connectivity index (χ0v) is 14.1. The van der Waals surface area contributed by atoms with Gasteiger partial charge in [0.25, 0.3) is 0 Å². The highest BCUT2D eigenvalue weighted by molar-refractivity contribution is 7.91. The normalized spacial score (nSPS) is 36.7. The maximum Gasteiger partial charge on any atom is 0.191 e. The Kier molecular flexibility index (Phi) is 4.92. The molecule has 0 spiro atoms. The van der Waals surface area contributed by atoms with Crippen LogP contribution in [0.1, 0.15) is 39.0 Å². The maximum absolute atomic E-state index is 11.5. The fourth-order valence-corrected chi connectivity index (χ4v) is 5.45. The van der Waals surface area contributed by atoms with Crippen LogP contribution in [-0.4, -0.2) is 57.2 Å². The van der Waals surface area contributed by atoms with E-state index in [4.69, 9.17) is 4.74 Å². The summed E-state index contributed by atoms with van der Waals surface area (Å²) in [5, 5.41) is 6.83. The van der Waals surface area contributed by atoms with Gasteiger partial charge in [-0.15, -0.1) is 0 Å². The molecule has 3 aliphatic heterocycles. The monoisotopic (exact) mass is 329 g/mol. The quantitative estimate of drug-likeness (QED) is 0.573. The molecule has 22 heavy (non-hydrogen) atoms. The summed E-state index contributed by atoms with van der Waals surface area (Å²) >= 11 is 0. The van der Waals surface area contributed by atoms with Crippen molar-refractivity contribution in [2.24, 2.45) is 10.9 Å². The van der Waals surface area contributed by atoms with Gasteiger partial charge in [0, 0.05) is 13.1 Å². The highest BCUT2D eigenvalue weighted by Gasteiger charge is 2.41. The third kappa shape index (κ3) is 3.93. The van der Waals surface area contributed by atoms with Crippen LogP contribution in [0.4, 0.5) is 0 Å². The van der Waals surface area contributed by atoms with Gasteiger partial charge in [0.1, 0.15) is 0 Å². The van der Waals surface area contributed by atoms with E-state index >= 15 is 0 Å². The first kappa shape index (κ1) is 16.1. The van der Waals surface area contributed by atoms with Crippen molar-refractivity contribution in [1.82, 2.24) is 10.6 Å². The van der Waals surface area contributed by atoms with Gasteiger partial charge in [0.05, 0.1) is 29.8 Å². The van der Waals surface area contributed by atoms with E-state index in [1.165, 1.54) is 6.42 Å². The number of aliphatic imine (C=N–C) groups is 1. The Labute approximate surface area is 133 Å². The number of guanidine groups is 1. The molecule has 0 saturated carbocycles. The van der Waals surface area contributed by atoms with Gasteiger partial charge in [-0.1, -0.05) is 6.92 Å². The van der Waals surface area contributed by atoms with Gasteiger partial charge in [-0.25, -0.2) is 8.42 Å². The fraction of sp³-hybridized carbons (Fsp3) is 0.933. The van der Waals surface area contributed by atoms with E-state index in [9.17, 15) is 8.42 Å². The van der Waals surface area contributed by atoms with Crippen LogP contribution in [0.5, 0.6) is 0 Å². The highest BCUT2D eigenvalue weighted by Crippen LogP contribution is 2.34. The molecule has 0 aromatic heterocycles. The molecule has 3 fully saturated rings. The lowest BCUT2D eigenvalue weighted by molar-refractivity contribution is 0.0992. The van der Waals surface area contributed by atoms with E-state index in [-0.39, 0.29) is 11.7 Å². The summed E-state index contributed by atoms with van der Waals surface area (Å²) in [6.07, 6.45) is 5.85. The van der Waals surface area contributed by atoms with E-state index in [0.29, 0.717) is 30.5 Å². The van der Waals surface area contributed by atoms with Crippen LogP contribution in [0.3, 0.4) is 0 Å². The molecule has 6 nitrogen and oxygen atoms in total. The Bertz CT molecular complexity index is 520. The molecule has 7 heteroatoms. The van der Waals surface area contributed by atoms with Crippen LogP contribution in [0.2, 0.25) is 0 Å². The van der Waals surface area contributed by atoms with Gasteiger partial charge < -0.3 is 15.4 Å². The fourth-order valence-electron chi connectivity index (χ4n) is 3.60. The summed E-state index contributed by atoms with van der Waals surface area (Å²) in [4.78, 5) is 4.63. The van der Waals surface area contributed by atoms with Gasteiger partial charge in [-0.2, -0.15) is 0 Å². The van der Waals surface area contributed by atoms with Crippen molar-refractivity contribution < 1.29 is 13.2 Å². The summed E-state index contributed by atoms with van der Waals surface area (Å²) in [6, 6.07) is 0.342. The van der Waals surface area contributed by atoms with Crippen LogP contribution >= 0.6 is 0 Å². The first-order valence-electron chi connectivity index (χ1n) is 8.46. The molecule has 0 aliphatic carbocycles. The molecule has 0 aromatic carbocycles. The number of rotatable bonds is 5. The second-order valence-corrected chi connectivity index (χ2v) is 8.97. The van der Waals surface area contributed by atoms with Gasteiger partial charge in [0.2, 0.25) is 0 Å². The number of sulfone groups is 1. The van der Waals surface area contributed by atoms with Crippen molar-refractivity contribution in [2.75, 3.05) is 24.6 Å². The van der Waals surface area contributed by atoms with Crippen molar-refractivity contribution in [3.05, 3.63) is 0 Å². The molecule has 3 heterocycles. The van der Waals surface area contributed by atoms with Gasteiger partial charge >= 0.3 is 0 Å². The Morgan fingerprint density at radius 3 is 2.77 bits per heavy atom. The lowest BCUT2D eigenvalue weighted by Gasteiger charge is -2.23. The Balaban J connectivity index is 1.55. The summed E-state index contributed by atoms with van der Waals surface area (Å²) in [5.41, 5.74) is 0. The molecule has 2 N–H and O–H groups in total. The zero-order valence-electron chi connectivity index (χ0n) is 13.3. The number of nitrogens with zero attached hydrogens (tertiary/aromatic N) is 1. The average Bonchev–Trinajstić information content (AvgIpc) is 3.17. The minimum Gasteiger partial charge on any atom is -0.373 e. The maximum atomic E-state index is 11.5. The minimum atomic E-state index is -2.82. The van der Waals surface area contributed by atoms with E-state index < -0.39 is 9.84 Å². The smallest absolute Gasteiger partial charge is 0.191 e. The predicted molar refractivity (Wildman–Crippen MR) is 86.8 cm³/mol. The van der Waals surface area contributed by atoms with Crippen LogP contribution in [0, 0.1) is 5.92 Å². The van der Waals surface area contributed by atoms with Crippen molar-refractivity contribution in [1.29, 1.82) is 0 Å². The molecule has 3 rings (SSSR count). The van der Waals surface area contributed by atoms with E-state index in [2.05, 4.69) is 22.5 Å². The molecule has 4 atom stereocenters. The summed E-state index contributed by atoms with van der Waals surface area (Å²) in [6.45, 7) is 3.57. The highest BCUT2D eigenvalue weighted by atomic mass is 32.2. The summed E-state index contributed by atoms with van der Waals surface area (Å²) in [7, 11) is -2.82. The first-order valence-corrected chi connectivity index (χ1v) is 10.3. The molecule has 3 aliphatic rings. The summed E-state index contributed by atoms with van der Waals surface area (Å²) < 4.78 is 28.9. The van der Waals surface area contributed by atoms with Crippen LogP contribution < -0.4 is 10.6 Å². The molecule has 4 unspecified atom stereocenters. The minimum absolute atomic E-state index is 0.168. The lowest BCUT2D eigenvalue weighted by Crippen LogP contribution is -2.47. The number of ether oxygens (including phenoxy) is 1. The molecule has 0 radical (unpaired) electrons. The number of nitrogens with one attached hydrogen (secondary N) is 2. The van der Waals surface area contributed by atoms with Crippen LogP contribution in [0.15, 0.2) is 4.99 Å². The second kappa shape index (κ2) is 6.74. The summed E-state index contributed by atoms with van der Waals surface area (Å²) in [5.74, 6) is 1.58. The van der Waals surface area contributed by atoms with E-state index in [0.717, 1.165) is 38.2 Å². The zero-order chi connectivity index (χ0) is 15.6. The number of hydrogen-bond donors (Lipinski definition) is 2. The molecule has 126 valence electrons. The second-order valence-electron chi connectivity index (χ2n) is 6.75. The average molecular weight is 329 g/mol. The van der Waals surface area contributed by atoms with Crippen LogP contribution in [-0.2, 0) is 14.6 Å². The third-order valence-electron chi connectivity index (χ3n) is 4.80. The first-order chi connectivity index (χ1) is 10.6. The molecular weight excluding hydrogens is 302 g/mol. The molecule has 0 amide bonds. The van der Waals surface area contributed by atoms with Crippen molar-refractivity contribution in [2.45, 2.75) is 57.3 Å². The third-order valence-corrected chi connectivity index (χ3v) is 6.64. The largest absolute Gasteiger partial charge is 0.373 e. The van der Waals surface area contributed by atoms with Gasteiger partial charge in [0.15, 0.2) is 15.8 Å². The van der Waals surface area contributed by atoms with Gasteiger partial charge in [-0.3, -0.25) is 4.99 Å². The molecule has 3 saturated heterocycles. The Morgan fingerprint density at radius 1 is 1.32 bits per heavy atom. The Hall–Kier alpha value is -0.820. The molecule has 0 aromatic rings. The number of fused-ring (bicyclic) bond motifs is 2. The topological polar surface area (TPSA) is 79.8 Å². The standard InChI is InChI=1S/C15H27N3O3S/c1-2-6-16-15(17-9-11-5-7-22(19,20)10-11)18-13-8-12-3-4-14(13)21-12/h11-14H,2-10H2,1H3,(H2,16,17,18). The number of hydrogen-bond acceptors (Lipinski definition) is 4. The van der Waals surface area contributed by atoms with Crippen LogP contribution in [0.25, 0.3) is 0 Å². The molecule has 2 bridgehead atoms. The lowest BCUT2D eigenvalue weighted by atomic mass is 9.96. The van der Waals surface area contributed by atoms with Gasteiger partial charge in [-0.05, 0) is 38.0 Å². The van der Waals surface area contributed by atoms with E-state index in [1.54, 1.807) is 0 Å². The SMILES string of the molecule is CCCNC(=NCC1CCS(=O)(=O)C1)NC1CC2CCC1O2. The predicted octanol–water partition coefficient (Wildman–Crippen LogP) is 0.686. The van der Waals surface area contributed by atoms with Crippen molar-refractivity contribution in [3.63, 3.8) is 0 Å². The van der Waals surface area contributed by atoms with Crippen molar-refractivity contribution in [3.8, 4) is 0 Å². The van der Waals surface area contributed by atoms with Crippen molar-refractivity contribution >= 4 is 15.8 Å². The van der Waals surface area contributed by atoms with E-state index in [1.807, 2.05) is 0 Å².